The summed E-state index contributed by atoms with van der Waals surface area (Å²) in [5, 5.41) is 0. The molecule has 1 aromatic heterocycles. The maximum absolute atomic E-state index is 11.9. The van der Waals surface area contributed by atoms with E-state index in [9.17, 15) is 4.79 Å². The van der Waals surface area contributed by atoms with E-state index in [0.29, 0.717) is 6.61 Å². The lowest BCUT2D eigenvalue weighted by atomic mass is 9.93. The average Bonchev–Trinajstić information content (AvgIpc) is 2.66. The van der Waals surface area contributed by atoms with Crippen LogP contribution in [-0.4, -0.2) is 18.0 Å². The Hall–Kier alpha value is -0.190. The summed E-state index contributed by atoms with van der Waals surface area (Å²) >= 11 is 5.11. The minimum Gasteiger partial charge on any atom is -0.367 e. The lowest BCUT2D eigenvalue weighted by molar-refractivity contribution is -0.130. The van der Waals surface area contributed by atoms with E-state index < -0.39 is 5.60 Å². The standard InChI is InChI=1S/C11H13BrO2S/c1-11(2)10(13)7(6-14-11)5-8-3-4-9(12)15-8/h3-4,7H,5-6H2,1-2H3. The van der Waals surface area contributed by atoms with Gasteiger partial charge in [-0.3, -0.25) is 4.79 Å². The third-order valence-corrected chi connectivity index (χ3v) is 4.33. The smallest absolute Gasteiger partial charge is 0.169 e. The SMILES string of the molecule is CC1(C)OCC(Cc2ccc(Br)s2)C1=O. The number of halogens is 1. The molecule has 0 amide bonds. The van der Waals surface area contributed by atoms with Gasteiger partial charge in [-0.15, -0.1) is 11.3 Å². The second kappa shape index (κ2) is 4.00. The molecule has 1 saturated heterocycles. The van der Waals surface area contributed by atoms with E-state index >= 15 is 0 Å². The molecule has 1 aromatic rings. The Labute approximate surface area is 102 Å². The maximum Gasteiger partial charge on any atom is 0.169 e. The van der Waals surface area contributed by atoms with Gasteiger partial charge in [-0.05, 0) is 48.3 Å². The molecule has 1 atom stereocenters. The lowest BCUT2D eigenvalue weighted by Gasteiger charge is -2.14. The van der Waals surface area contributed by atoms with Gasteiger partial charge in [0, 0.05) is 10.8 Å². The highest BCUT2D eigenvalue weighted by Gasteiger charge is 2.41. The largest absolute Gasteiger partial charge is 0.367 e. The summed E-state index contributed by atoms with van der Waals surface area (Å²) in [6.45, 7) is 4.25. The quantitative estimate of drug-likeness (QED) is 0.836. The molecule has 1 fully saturated rings. The zero-order valence-electron chi connectivity index (χ0n) is 8.75. The van der Waals surface area contributed by atoms with Crippen molar-refractivity contribution in [1.29, 1.82) is 0 Å². The molecule has 0 aromatic carbocycles. The van der Waals surface area contributed by atoms with Gasteiger partial charge in [0.25, 0.3) is 0 Å². The van der Waals surface area contributed by atoms with E-state index in [2.05, 4.69) is 22.0 Å². The fourth-order valence-electron chi connectivity index (χ4n) is 1.80. The summed E-state index contributed by atoms with van der Waals surface area (Å²) < 4.78 is 6.60. The van der Waals surface area contributed by atoms with Crippen molar-refractivity contribution in [2.24, 2.45) is 5.92 Å². The van der Waals surface area contributed by atoms with Crippen molar-refractivity contribution in [1.82, 2.24) is 0 Å². The summed E-state index contributed by atoms with van der Waals surface area (Å²) in [6, 6.07) is 4.08. The molecule has 82 valence electrons. The Morgan fingerprint density at radius 3 is 2.80 bits per heavy atom. The number of thiophene rings is 1. The van der Waals surface area contributed by atoms with Crippen molar-refractivity contribution >= 4 is 33.0 Å². The van der Waals surface area contributed by atoms with Crippen molar-refractivity contribution in [2.75, 3.05) is 6.61 Å². The molecule has 0 bridgehead atoms. The van der Waals surface area contributed by atoms with Crippen LogP contribution in [0, 0.1) is 5.92 Å². The van der Waals surface area contributed by atoms with Gasteiger partial charge in [-0.1, -0.05) is 0 Å². The van der Waals surface area contributed by atoms with E-state index in [1.165, 1.54) is 4.88 Å². The third-order valence-electron chi connectivity index (χ3n) is 2.69. The topological polar surface area (TPSA) is 26.3 Å². The molecule has 1 unspecified atom stereocenters. The van der Waals surface area contributed by atoms with Crippen molar-refractivity contribution < 1.29 is 9.53 Å². The van der Waals surface area contributed by atoms with Gasteiger partial charge in [0.15, 0.2) is 5.78 Å². The van der Waals surface area contributed by atoms with Crippen LogP contribution in [0.4, 0.5) is 0 Å². The summed E-state index contributed by atoms with van der Waals surface area (Å²) in [4.78, 5) is 13.1. The molecule has 2 nitrogen and oxygen atoms in total. The maximum atomic E-state index is 11.9. The first kappa shape index (κ1) is 11.3. The summed E-state index contributed by atoms with van der Waals surface area (Å²) in [6.07, 6.45) is 0.804. The molecule has 0 radical (unpaired) electrons. The van der Waals surface area contributed by atoms with E-state index in [0.717, 1.165) is 10.2 Å². The molecule has 1 aliphatic rings. The Morgan fingerprint density at radius 2 is 2.33 bits per heavy atom. The zero-order valence-corrected chi connectivity index (χ0v) is 11.2. The van der Waals surface area contributed by atoms with Crippen molar-refractivity contribution in [3.05, 3.63) is 20.8 Å². The summed E-state index contributed by atoms with van der Waals surface area (Å²) in [5.74, 6) is 0.262. The Morgan fingerprint density at radius 1 is 1.60 bits per heavy atom. The molecule has 0 spiro atoms. The van der Waals surface area contributed by atoms with Gasteiger partial charge >= 0.3 is 0 Å². The second-order valence-corrected chi connectivity index (χ2v) is 6.84. The van der Waals surface area contributed by atoms with Gasteiger partial charge < -0.3 is 4.74 Å². The van der Waals surface area contributed by atoms with E-state index in [4.69, 9.17) is 4.74 Å². The summed E-state index contributed by atoms with van der Waals surface area (Å²) in [5.41, 5.74) is -0.584. The average molecular weight is 289 g/mol. The molecule has 15 heavy (non-hydrogen) atoms. The minimum absolute atomic E-state index is 0.0329. The van der Waals surface area contributed by atoms with Crippen molar-refractivity contribution in [3.8, 4) is 0 Å². The third kappa shape index (κ3) is 2.32. The monoisotopic (exact) mass is 288 g/mol. The fourth-order valence-corrected chi connectivity index (χ4v) is 3.37. The Bertz CT molecular complexity index is 384. The molecule has 2 rings (SSSR count). The lowest BCUT2D eigenvalue weighted by Crippen LogP contribution is -2.30. The number of carbonyl (C=O) groups is 1. The highest BCUT2D eigenvalue weighted by Crippen LogP contribution is 2.31. The van der Waals surface area contributed by atoms with Gasteiger partial charge in [0.05, 0.1) is 10.4 Å². The number of hydrogen-bond donors (Lipinski definition) is 0. The van der Waals surface area contributed by atoms with Crippen LogP contribution in [0.5, 0.6) is 0 Å². The fraction of sp³-hybridized carbons (Fsp3) is 0.545. The number of ether oxygens (including phenoxy) is 1. The number of rotatable bonds is 2. The van der Waals surface area contributed by atoms with E-state index in [1.807, 2.05) is 19.9 Å². The van der Waals surface area contributed by atoms with E-state index in [-0.39, 0.29) is 11.7 Å². The highest BCUT2D eigenvalue weighted by atomic mass is 79.9. The number of hydrogen-bond acceptors (Lipinski definition) is 3. The van der Waals surface area contributed by atoms with Gasteiger partial charge in [-0.25, -0.2) is 0 Å². The predicted molar refractivity (Wildman–Crippen MR) is 64.3 cm³/mol. The number of carbonyl (C=O) groups excluding carboxylic acids is 1. The van der Waals surface area contributed by atoms with Crippen molar-refractivity contribution in [3.63, 3.8) is 0 Å². The molecule has 1 aliphatic heterocycles. The van der Waals surface area contributed by atoms with Gasteiger partial charge in [0.1, 0.15) is 5.60 Å². The number of ketones is 1. The van der Waals surface area contributed by atoms with Crippen LogP contribution >= 0.6 is 27.3 Å². The Kier molecular flexibility index (Phi) is 3.01. The van der Waals surface area contributed by atoms with Crippen LogP contribution in [0.3, 0.4) is 0 Å². The van der Waals surface area contributed by atoms with E-state index in [1.54, 1.807) is 11.3 Å². The Balaban J connectivity index is 2.06. The molecule has 0 aliphatic carbocycles. The van der Waals surface area contributed by atoms with Crippen LogP contribution in [0.25, 0.3) is 0 Å². The predicted octanol–water partition coefficient (Wildman–Crippen LogP) is 3.05. The molecule has 0 N–H and O–H groups in total. The van der Waals surface area contributed by atoms with Crippen LogP contribution in [0.1, 0.15) is 18.7 Å². The zero-order chi connectivity index (χ0) is 11.1. The van der Waals surface area contributed by atoms with Crippen molar-refractivity contribution in [2.45, 2.75) is 25.9 Å². The first-order valence-corrected chi connectivity index (χ1v) is 6.52. The molecular formula is C11H13BrO2S. The van der Waals surface area contributed by atoms with Crippen LogP contribution in [0.2, 0.25) is 0 Å². The molecule has 4 heteroatoms. The first-order valence-electron chi connectivity index (χ1n) is 4.91. The molecular weight excluding hydrogens is 276 g/mol. The van der Waals surface area contributed by atoms with Crippen LogP contribution in [0.15, 0.2) is 15.9 Å². The first-order chi connectivity index (χ1) is 6.99. The summed E-state index contributed by atoms with van der Waals surface area (Å²) in [7, 11) is 0. The molecule has 2 heterocycles. The highest BCUT2D eigenvalue weighted by molar-refractivity contribution is 9.11. The van der Waals surface area contributed by atoms with Crippen LogP contribution in [-0.2, 0) is 16.0 Å². The second-order valence-electron chi connectivity index (χ2n) is 4.29. The van der Waals surface area contributed by atoms with Gasteiger partial charge in [-0.2, -0.15) is 0 Å². The molecule has 0 saturated carbocycles. The number of Topliss-reactive ketones (excluding diaryl/α,β-unsaturated/α-hetero) is 1. The normalized spacial score (nSPS) is 24.7. The van der Waals surface area contributed by atoms with Gasteiger partial charge in [0.2, 0.25) is 0 Å². The van der Waals surface area contributed by atoms with Crippen LogP contribution < -0.4 is 0 Å². The minimum atomic E-state index is -0.584.